The van der Waals surface area contributed by atoms with E-state index < -0.39 is 28.3 Å². The number of methoxy groups -OCH3 is 1. The highest BCUT2D eigenvalue weighted by Crippen LogP contribution is 2.38. The maximum Gasteiger partial charge on any atom is 0.335 e. The van der Waals surface area contributed by atoms with Crippen molar-refractivity contribution in [3.05, 3.63) is 96.5 Å². The van der Waals surface area contributed by atoms with Crippen LogP contribution in [0.15, 0.2) is 60.2 Å². The molecule has 1 aliphatic rings. The number of nitrogens with zero attached hydrogens (tertiary/aromatic N) is 2. The topological polar surface area (TPSA) is 128 Å². The number of non-ortho nitro benzene ring substituents is 1. The molecule has 0 atom stereocenters. The van der Waals surface area contributed by atoms with E-state index in [4.69, 9.17) is 44.3 Å². The van der Waals surface area contributed by atoms with Crippen molar-refractivity contribution in [3.8, 4) is 11.5 Å². The molecule has 3 aromatic rings. The van der Waals surface area contributed by atoms with Crippen LogP contribution in [0.5, 0.6) is 11.5 Å². The van der Waals surface area contributed by atoms with Crippen LogP contribution < -0.4 is 19.7 Å². The van der Waals surface area contributed by atoms with Crippen molar-refractivity contribution in [2.45, 2.75) is 6.61 Å². The van der Waals surface area contributed by atoms with Crippen molar-refractivity contribution < 1.29 is 28.8 Å². The van der Waals surface area contributed by atoms with Crippen LogP contribution in [0.25, 0.3) is 6.08 Å². The average Bonchev–Trinajstić information content (AvgIpc) is 2.87. The van der Waals surface area contributed by atoms with E-state index in [0.717, 1.165) is 11.6 Å². The monoisotopic (exact) mass is 575 g/mol. The first-order chi connectivity index (χ1) is 18.1. The molecular weight excluding hydrogens is 561 g/mol. The van der Waals surface area contributed by atoms with Crippen LogP contribution in [0.1, 0.15) is 11.1 Å². The molecule has 0 unspecified atom stereocenters. The molecule has 10 nitrogen and oxygen atoms in total. The number of carbonyl (C=O) groups excluding carboxylic acids is 3. The second-order valence-electron chi connectivity index (χ2n) is 7.81. The number of barbiturate groups is 1. The quantitative estimate of drug-likeness (QED) is 0.163. The van der Waals surface area contributed by atoms with E-state index in [2.05, 4.69) is 5.32 Å². The fourth-order valence-corrected chi connectivity index (χ4v) is 4.15. The fraction of sp³-hybridized carbons (Fsp3) is 0.0800. The number of amides is 4. The highest BCUT2D eigenvalue weighted by Gasteiger charge is 2.37. The van der Waals surface area contributed by atoms with Crippen LogP contribution in [-0.2, 0) is 16.2 Å². The summed E-state index contributed by atoms with van der Waals surface area (Å²) in [5, 5.41) is 14.1. The predicted molar refractivity (Wildman–Crippen MR) is 141 cm³/mol. The molecule has 1 saturated heterocycles. The largest absolute Gasteiger partial charge is 0.493 e. The number of benzene rings is 3. The smallest absolute Gasteiger partial charge is 0.335 e. The van der Waals surface area contributed by atoms with Gasteiger partial charge in [0, 0.05) is 12.1 Å². The summed E-state index contributed by atoms with van der Waals surface area (Å²) in [4.78, 5) is 49.2. The Labute approximate surface area is 230 Å². The summed E-state index contributed by atoms with van der Waals surface area (Å²) in [7, 11) is 1.38. The molecule has 1 N–H and O–H groups in total. The molecule has 3 aromatic carbocycles. The van der Waals surface area contributed by atoms with Crippen molar-refractivity contribution in [2.24, 2.45) is 0 Å². The summed E-state index contributed by atoms with van der Waals surface area (Å²) in [5.41, 5.74) is 0.193. The first-order valence-corrected chi connectivity index (χ1v) is 11.8. The summed E-state index contributed by atoms with van der Waals surface area (Å²) in [6.45, 7) is 0.0918. The van der Waals surface area contributed by atoms with Crippen LogP contribution >= 0.6 is 34.8 Å². The zero-order valence-electron chi connectivity index (χ0n) is 19.4. The number of nitrogens with one attached hydrogen (secondary N) is 1. The SMILES string of the molecule is COc1cc(/C=C2\C(=O)NC(=O)N(c3cccc([N+](=O)[O-])c3)C2=O)cc(Cl)c1OCc1ccc(Cl)c(Cl)c1. The minimum absolute atomic E-state index is 0.0817. The third-order valence-electron chi connectivity index (χ3n) is 5.33. The number of urea groups is 1. The molecule has 1 fully saturated rings. The van der Waals surface area contributed by atoms with Gasteiger partial charge in [-0.2, -0.15) is 0 Å². The first kappa shape index (κ1) is 26.9. The molecular formula is C25H16Cl3N3O7. The summed E-state index contributed by atoms with van der Waals surface area (Å²) in [6.07, 6.45) is 1.21. The van der Waals surface area contributed by atoms with E-state index in [0.29, 0.717) is 20.5 Å². The Hall–Kier alpha value is -4.12. The average molecular weight is 577 g/mol. The van der Waals surface area contributed by atoms with Gasteiger partial charge in [0.2, 0.25) is 0 Å². The van der Waals surface area contributed by atoms with Crippen LogP contribution in [0.2, 0.25) is 15.1 Å². The summed E-state index contributed by atoms with van der Waals surface area (Å²) >= 11 is 18.4. The highest BCUT2D eigenvalue weighted by atomic mass is 35.5. The van der Waals surface area contributed by atoms with Crippen molar-refractivity contribution in [1.82, 2.24) is 5.32 Å². The third kappa shape index (κ3) is 5.57. The molecule has 1 heterocycles. The molecule has 0 aromatic heterocycles. The second kappa shape index (κ2) is 11.1. The number of hydrogen-bond acceptors (Lipinski definition) is 7. The number of carbonyl (C=O) groups is 3. The van der Waals surface area contributed by atoms with Crippen LogP contribution in [0.4, 0.5) is 16.2 Å². The second-order valence-corrected chi connectivity index (χ2v) is 9.03. The lowest BCUT2D eigenvalue weighted by atomic mass is 10.1. The summed E-state index contributed by atoms with van der Waals surface area (Å²) < 4.78 is 11.2. The maximum absolute atomic E-state index is 13.1. The van der Waals surface area contributed by atoms with Crippen LogP contribution in [0, 0.1) is 10.1 Å². The molecule has 1 aliphatic heterocycles. The Morgan fingerprint density at radius 1 is 1.00 bits per heavy atom. The molecule has 0 aliphatic carbocycles. The molecule has 0 saturated carbocycles. The molecule has 0 radical (unpaired) electrons. The maximum atomic E-state index is 13.1. The van der Waals surface area contributed by atoms with E-state index >= 15 is 0 Å². The number of imide groups is 2. The van der Waals surface area contributed by atoms with Crippen LogP contribution in [0.3, 0.4) is 0 Å². The molecule has 38 heavy (non-hydrogen) atoms. The minimum atomic E-state index is -1.04. The number of rotatable bonds is 7. The molecule has 0 spiro atoms. The van der Waals surface area contributed by atoms with Crippen LogP contribution in [-0.4, -0.2) is 29.9 Å². The molecule has 194 valence electrons. The Morgan fingerprint density at radius 2 is 1.76 bits per heavy atom. The van der Waals surface area contributed by atoms with E-state index in [-0.39, 0.29) is 34.5 Å². The zero-order chi connectivity index (χ0) is 27.6. The number of halogens is 3. The number of nitro groups is 1. The van der Waals surface area contributed by atoms with Gasteiger partial charge in [0.1, 0.15) is 12.2 Å². The Bertz CT molecular complexity index is 1520. The molecule has 4 rings (SSSR count). The van der Waals surface area contributed by atoms with Crippen molar-refractivity contribution in [2.75, 3.05) is 12.0 Å². The number of hydrogen-bond donors (Lipinski definition) is 1. The van der Waals surface area contributed by atoms with E-state index in [1.165, 1.54) is 43.5 Å². The van der Waals surface area contributed by atoms with E-state index in [1.54, 1.807) is 18.2 Å². The van der Waals surface area contributed by atoms with Gasteiger partial charge in [-0.15, -0.1) is 0 Å². The number of ether oxygens (including phenoxy) is 2. The number of nitro benzene ring substituents is 1. The van der Waals surface area contributed by atoms with Gasteiger partial charge in [-0.3, -0.25) is 25.0 Å². The number of anilines is 1. The van der Waals surface area contributed by atoms with Gasteiger partial charge in [0.15, 0.2) is 11.5 Å². The Balaban J connectivity index is 1.64. The van der Waals surface area contributed by atoms with Gasteiger partial charge in [-0.25, -0.2) is 9.69 Å². The Kier molecular flexibility index (Phi) is 7.86. The lowest BCUT2D eigenvalue weighted by Gasteiger charge is -2.26. The minimum Gasteiger partial charge on any atom is -0.493 e. The van der Waals surface area contributed by atoms with Crippen molar-refractivity contribution in [1.29, 1.82) is 0 Å². The molecule has 13 heteroatoms. The molecule has 0 bridgehead atoms. The summed E-state index contributed by atoms with van der Waals surface area (Å²) in [5.74, 6) is -1.51. The lowest BCUT2D eigenvalue weighted by Crippen LogP contribution is -2.54. The lowest BCUT2D eigenvalue weighted by molar-refractivity contribution is -0.384. The standard InChI is InChI=1S/C25H16Cl3N3O7/c1-37-21-10-14(9-20(28)22(21)38-12-13-5-6-18(26)19(27)8-13)7-17-23(32)29-25(34)30(24(17)33)15-3-2-4-16(11-15)31(35)36/h2-11H,12H2,1H3,(H,29,32,34)/b17-7+. The van der Waals surface area contributed by atoms with Crippen molar-refractivity contribution in [3.63, 3.8) is 0 Å². The third-order valence-corrected chi connectivity index (χ3v) is 6.35. The van der Waals surface area contributed by atoms with Gasteiger partial charge in [-0.05, 0) is 47.5 Å². The van der Waals surface area contributed by atoms with Gasteiger partial charge < -0.3 is 9.47 Å². The van der Waals surface area contributed by atoms with Gasteiger partial charge in [0.05, 0.1) is 32.8 Å². The van der Waals surface area contributed by atoms with Crippen molar-refractivity contribution >= 4 is 70.1 Å². The van der Waals surface area contributed by atoms with Gasteiger partial charge in [0.25, 0.3) is 17.5 Å². The fourth-order valence-electron chi connectivity index (χ4n) is 3.55. The van der Waals surface area contributed by atoms with E-state index in [1.807, 2.05) is 0 Å². The van der Waals surface area contributed by atoms with Gasteiger partial charge >= 0.3 is 6.03 Å². The van der Waals surface area contributed by atoms with E-state index in [9.17, 15) is 24.5 Å². The summed E-state index contributed by atoms with van der Waals surface area (Å²) in [6, 6.07) is 11.8. The highest BCUT2D eigenvalue weighted by molar-refractivity contribution is 6.42. The zero-order valence-corrected chi connectivity index (χ0v) is 21.6. The van der Waals surface area contributed by atoms with Gasteiger partial charge in [-0.1, -0.05) is 46.9 Å². The normalized spacial score (nSPS) is 14.5. The first-order valence-electron chi connectivity index (χ1n) is 10.7. The Morgan fingerprint density at radius 3 is 2.45 bits per heavy atom. The molecule has 4 amide bonds. The predicted octanol–water partition coefficient (Wildman–Crippen LogP) is 5.81.